The third-order valence-corrected chi connectivity index (χ3v) is 6.05. The lowest BCUT2D eigenvalue weighted by Crippen LogP contribution is -2.06. The van der Waals surface area contributed by atoms with Crippen LogP contribution in [-0.2, 0) is 6.42 Å². The fourth-order valence-corrected chi connectivity index (χ4v) is 4.49. The van der Waals surface area contributed by atoms with E-state index >= 15 is 0 Å². The normalized spacial score (nSPS) is 14.9. The maximum Gasteiger partial charge on any atom is 0.0741 e. The quantitative estimate of drug-likeness (QED) is 0.414. The summed E-state index contributed by atoms with van der Waals surface area (Å²) >= 11 is 6.05. The highest BCUT2D eigenvalue weighted by molar-refractivity contribution is 6.30. The minimum Gasteiger partial charge on any atom is -0.262 e. The number of benzene rings is 2. The van der Waals surface area contributed by atoms with Gasteiger partial charge in [0.2, 0.25) is 0 Å². The zero-order valence-electron chi connectivity index (χ0n) is 16.0. The molecule has 1 saturated carbocycles. The lowest BCUT2D eigenvalue weighted by Gasteiger charge is -2.12. The van der Waals surface area contributed by atoms with E-state index in [4.69, 9.17) is 16.7 Å². The lowest BCUT2D eigenvalue weighted by atomic mass is 10.1. The second kappa shape index (κ2) is 7.10. The van der Waals surface area contributed by atoms with E-state index in [1.165, 1.54) is 42.3 Å². The molecule has 4 nitrogen and oxygen atoms in total. The lowest BCUT2D eigenvalue weighted by molar-refractivity contribution is 0.478. The number of rotatable bonds is 4. The maximum absolute atomic E-state index is 6.05. The van der Waals surface area contributed by atoms with E-state index in [1.54, 1.807) is 0 Å². The Morgan fingerprint density at radius 3 is 2.57 bits per heavy atom. The summed E-state index contributed by atoms with van der Waals surface area (Å²) in [5, 5.41) is 11.5. The van der Waals surface area contributed by atoms with E-state index in [1.807, 2.05) is 35.1 Å². The summed E-state index contributed by atoms with van der Waals surface area (Å²) in [5.41, 5.74) is 5.66. The molecule has 2 heterocycles. The summed E-state index contributed by atoms with van der Waals surface area (Å²) in [6.07, 6.45) is 7.87. The Morgan fingerprint density at radius 1 is 1.04 bits per heavy atom. The molecule has 1 aliphatic rings. The van der Waals surface area contributed by atoms with E-state index in [-0.39, 0.29) is 0 Å². The van der Waals surface area contributed by atoms with Crippen LogP contribution in [0.3, 0.4) is 0 Å². The number of aromatic nitrogens is 4. The molecule has 4 aromatic rings. The summed E-state index contributed by atoms with van der Waals surface area (Å²) in [6.45, 7) is 2.18. The SMILES string of the molecule is CCc1nn(C2CCCC2)c2cc(-c3ccnn3-c3ccc(Cl)cc3)ccc12. The molecule has 5 heteroatoms. The smallest absolute Gasteiger partial charge is 0.0741 e. The first-order chi connectivity index (χ1) is 13.7. The Morgan fingerprint density at radius 2 is 1.82 bits per heavy atom. The second-order valence-corrected chi connectivity index (χ2v) is 7.96. The predicted octanol–water partition coefficient (Wildman–Crippen LogP) is 6.22. The van der Waals surface area contributed by atoms with Crippen LogP contribution in [-0.4, -0.2) is 19.6 Å². The van der Waals surface area contributed by atoms with Crippen molar-refractivity contribution in [2.24, 2.45) is 0 Å². The van der Waals surface area contributed by atoms with Gasteiger partial charge in [0.15, 0.2) is 0 Å². The Labute approximate surface area is 169 Å². The molecular weight excluding hydrogens is 368 g/mol. The van der Waals surface area contributed by atoms with Crippen molar-refractivity contribution in [3.8, 4) is 16.9 Å². The molecule has 0 atom stereocenters. The van der Waals surface area contributed by atoms with Crippen LogP contribution in [0.5, 0.6) is 0 Å². The van der Waals surface area contributed by atoms with Crippen LogP contribution in [0.25, 0.3) is 27.8 Å². The van der Waals surface area contributed by atoms with Crippen molar-refractivity contribution in [3.05, 3.63) is 65.4 Å². The maximum atomic E-state index is 6.05. The highest BCUT2D eigenvalue weighted by Crippen LogP contribution is 2.35. The van der Waals surface area contributed by atoms with Gasteiger partial charge in [0, 0.05) is 16.0 Å². The Kier molecular flexibility index (Phi) is 4.44. The summed E-state index contributed by atoms with van der Waals surface area (Å²) < 4.78 is 4.25. The van der Waals surface area contributed by atoms with Gasteiger partial charge in [-0.25, -0.2) is 4.68 Å². The van der Waals surface area contributed by atoms with Gasteiger partial charge in [-0.3, -0.25) is 4.68 Å². The molecule has 0 aliphatic heterocycles. The van der Waals surface area contributed by atoms with Gasteiger partial charge in [0.05, 0.1) is 34.8 Å². The first-order valence-electron chi connectivity index (χ1n) is 10.1. The van der Waals surface area contributed by atoms with Crippen LogP contribution in [0.4, 0.5) is 0 Å². The molecule has 0 saturated heterocycles. The number of hydrogen-bond acceptors (Lipinski definition) is 2. The minimum absolute atomic E-state index is 0.527. The van der Waals surface area contributed by atoms with E-state index in [9.17, 15) is 0 Å². The molecule has 0 unspecified atom stereocenters. The van der Waals surface area contributed by atoms with Gasteiger partial charge < -0.3 is 0 Å². The average Bonchev–Trinajstić information content (AvgIpc) is 3.47. The highest BCUT2D eigenvalue weighted by atomic mass is 35.5. The average molecular weight is 391 g/mol. The van der Waals surface area contributed by atoms with Crippen molar-refractivity contribution in [3.63, 3.8) is 0 Å². The summed E-state index contributed by atoms with van der Waals surface area (Å²) in [7, 11) is 0. The van der Waals surface area contributed by atoms with Crippen molar-refractivity contribution in [1.82, 2.24) is 19.6 Å². The standard InChI is InChI=1S/C23H23ClN4/c1-2-21-20-12-7-16(15-23(20)28(26-21)18-5-3-4-6-18)22-13-14-25-27(22)19-10-8-17(24)9-11-19/h7-15,18H,2-6H2,1H3. The van der Waals surface area contributed by atoms with Crippen molar-refractivity contribution >= 4 is 22.5 Å². The van der Waals surface area contributed by atoms with Crippen molar-refractivity contribution in [2.45, 2.75) is 45.1 Å². The molecule has 0 bridgehead atoms. The van der Waals surface area contributed by atoms with E-state index in [0.717, 1.165) is 28.4 Å². The van der Waals surface area contributed by atoms with Gasteiger partial charge in [-0.2, -0.15) is 10.2 Å². The molecule has 142 valence electrons. The number of fused-ring (bicyclic) bond motifs is 1. The van der Waals surface area contributed by atoms with Crippen LogP contribution >= 0.6 is 11.6 Å². The van der Waals surface area contributed by atoms with Crippen molar-refractivity contribution < 1.29 is 0 Å². The Bertz CT molecular complexity index is 1120. The molecule has 1 fully saturated rings. The van der Waals surface area contributed by atoms with E-state index in [0.29, 0.717) is 6.04 Å². The monoisotopic (exact) mass is 390 g/mol. The predicted molar refractivity (Wildman–Crippen MR) is 114 cm³/mol. The molecule has 0 amide bonds. The molecule has 2 aromatic carbocycles. The molecule has 5 rings (SSSR count). The Hall–Kier alpha value is -2.59. The first-order valence-corrected chi connectivity index (χ1v) is 10.4. The number of hydrogen-bond donors (Lipinski definition) is 0. The van der Waals surface area contributed by atoms with E-state index < -0.39 is 0 Å². The first kappa shape index (κ1) is 17.5. The fourth-order valence-electron chi connectivity index (χ4n) is 4.36. The van der Waals surface area contributed by atoms with Gasteiger partial charge in [-0.1, -0.05) is 43.5 Å². The largest absolute Gasteiger partial charge is 0.262 e. The van der Waals surface area contributed by atoms with Crippen LogP contribution in [0.15, 0.2) is 54.7 Å². The molecule has 2 aromatic heterocycles. The Balaban J connectivity index is 1.64. The molecular formula is C23H23ClN4. The molecule has 28 heavy (non-hydrogen) atoms. The van der Waals surface area contributed by atoms with E-state index in [2.05, 4.69) is 41.0 Å². The summed E-state index contributed by atoms with van der Waals surface area (Å²) in [4.78, 5) is 0. The van der Waals surface area contributed by atoms with Gasteiger partial charge in [0.25, 0.3) is 0 Å². The van der Waals surface area contributed by atoms with Crippen molar-refractivity contribution in [1.29, 1.82) is 0 Å². The van der Waals surface area contributed by atoms with Crippen LogP contribution < -0.4 is 0 Å². The number of halogens is 1. The van der Waals surface area contributed by atoms with Gasteiger partial charge in [-0.15, -0.1) is 0 Å². The number of aryl methyl sites for hydroxylation is 1. The molecule has 0 N–H and O–H groups in total. The zero-order valence-corrected chi connectivity index (χ0v) is 16.7. The van der Waals surface area contributed by atoms with Gasteiger partial charge in [-0.05, 0) is 55.7 Å². The zero-order chi connectivity index (χ0) is 19.1. The third kappa shape index (κ3) is 2.92. The third-order valence-electron chi connectivity index (χ3n) is 5.80. The van der Waals surface area contributed by atoms with Gasteiger partial charge in [0.1, 0.15) is 0 Å². The minimum atomic E-state index is 0.527. The summed E-state index contributed by atoms with van der Waals surface area (Å²) in [6, 6.07) is 17.1. The molecule has 0 spiro atoms. The van der Waals surface area contributed by atoms with Crippen LogP contribution in [0, 0.1) is 0 Å². The molecule has 1 aliphatic carbocycles. The summed E-state index contributed by atoms with van der Waals surface area (Å²) in [5.74, 6) is 0. The fraction of sp³-hybridized carbons (Fsp3) is 0.304. The van der Waals surface area contributed by atoms with Gasteiger partial charge >= 0.3 is 0 Å². The van der Waals surface area contributed by atoms with Crippen molar-refractivity contribution in [2.75, 3.05) is 0 Å². The molecule has 0 radical (unpaired) electrons. The second-order valence-electron chi connectivity index (χ2n) is 7.52. The number of nitrogens with zero attached hydrogens (tertiary/aromatic N) is 4. The topological polar surface area (TPSA) is 35.6 Å². The van der Waals surface area contributed by atoms with Crippen LogP contribution in [0.1, 0.15) is 44.3 Å². The van der Waals surface area contributed by atoms with Crippen LogP contribution in [0.2, 0.25) is 5.02 Å². The highest BCUT2D eigenvalue weighted by Gasteiger charge is 2.22.